The Labute approximate surface area is 586 Å². The second kappa shape index (κ2) is 28.5. The van der Waals surface area contributed by atoms with Crippen molar-refractivity contribution in [2.24, 2.45) is 0 Å². The first-order valence-electron chi connectivity index (χ1n) is 35.4. The van der Waals surface area contributed by atoms with E-state index in [1.54, 1.807) is 6.07 Å². The molecule has 10 aromatic carbocycles. The van der Waals surface area contributed by atoms with E-state index in [0.29, 0.717) is 101 Å². The molecular weight excluding hydrogens is 1230 g/mol. The summed E-state index contributed by atoms with van der Waals surface area (Å²) in [7, 11) is 0. The highest BCUT2D eigenvalue weighted by Gasteiger charge is 2.33. The van der Waals surface area contributed by atoms with Gasteiger partial charge in [0.15, 0.2) is 0 Å². The van der Waals surface area contributed by atoms with E-state index in [1.165, 1.54) is 38.9 Å². The second-order valence-electron chi connectivity index (χ2n) is 32.2. The average Bonchev–Trinajstić information content (AvgIpc) is 0.759. The van der Waals surface area contributed by atoms with Crippen LogP contribution in [-0.2, 0) is 67.0 Å². The summed E-state index contributed by atoms with van der Waals surface area (Å²) in [5.41, 5.74) is 15.4. The van der Waals surface area contributed by atoms with Crippen LogP contribution in [-0.4, -0.2) is 77.1 Å². The first-order chi connectivity index (χ1) is 47.1. The van der Waals surface area contributed by atoms with Gasteiger partial charge in [0, 0.05) is 36.8 Å². The summed E-state index contributed by atoms with van der Waals surface area (Å²) in [6, 6.07) is 54.2. The van der Waals surface area contributed by atoms with Gasteiger partial charge in [-0.15, -0.1) is 0 Å². The van der Waals surface area contributed by atoms with Crippen molar-refractivity contribution in [2.45, 2.75) is 157 Å². The quantitative estimate of drug-likeness (QED) is 0.0897. The van der Waals surface area contributed by atoms with E-state index in [1.807, 2.05) is 103 Å². The van der Waals surface area contributed by atoms with Crippen molar-refractivity contribution in [3.05, 3.63) is 236 Å². The highest BCUT2D eigenvalue weighted by Crippen LogP contribution is 2.48. The van der Waals surface area contributed by atoms with E-state index in [9.17, 15) is 5.11 Å². The molecule has 516 valence electrons. The van der Waals surface area contributed by atoms with E-state index in [2.05, 4.69) is 152 Å². The molecule has 1 aliphatic carbocycles. The highest BCUT2D eigenvalue weighted by molar-refractivity contribution is 6.11. The third kappa shape index (κ3) is 15.8. The lowest BCUT2D eigenvalue weighted by Crippen LogP contribution is -2.22. The van der Waals surface area contributed by atoms with Gasteiger partial charge in [0.05, 0.1) is 39.6 Å². The second-order valence-corrected chi connectivity index (χ2v) is 32.2. The van der Waals surface area contributed by atoms with Crippen molar-refractivity contribution in [1.29, 1.82) is 0 Å². The normalized spacial score (nSPS) is 14.7. The van der Waals surface area contributed by atoms with Crippen LogP contribution in [0.25, 0.3) is 43.4 Å². The minimum atomic E-state index is -0.600. The fourth-order valence-corrected chi connectivity index (χ4v) is 14.2. The summed E-state index contributed by atoms with van der Waals surface area (Å²) in [5.74, 6) is 2.65. The van der Waals surface area contributed by atoms with Gasteiger partial charge in [-0.2, -0.15) is 0 Å². The molecule has 99 heavy (non-hydrogen) atoms. The third-order valence-corrected chi connectivity index (χ3v) is 19.4. The molecule has 10 aromatic rings. The van der Waals surface area contributed by atoms with E-state index in [-0.39, 0.29) is 51.6 Å². The lowest BCUT2D eigenvalue weighted by Gasteiger charge is -2.32. The number of aromatic hydroxyl groups is 1. The zero-order chi connectivity index (χ0) is 70.2. The summed E-state index contributed by atoms with van der Waals surface area (Å²) in [5, 5.41) is 17.1. The fraction of sp³-hybridized carbons (Fsp3) is 0.382. The average molecular weight is 1330 g/mol. The van der Waals surface area contributed by atoms with Crippen molar-refractivity contribution in [3.63, 3.8) is 0 Å². The topological polar surface area (TPSA) is 111 Å². The van der Waals surface area contributed by atoms with Crippen LogP contribution in [0.3, 0.4) is 0 Å². The lowest BCUT2D eigenvalue weighted by atomic mass is 9.73. The van der Waals surface area contributed by atoms with E-state index in [0.717, 1.165) is 82.9 Å². The number of esters is 1. The zero-order valence-electron chi connectivity index (χ0n) is 61.0. The minimum Gasteiger partial charge on any atom is -0.507 e. The van der Waals surface area contributed by atoms with E-state index < -0.39 is 5.97 Å². The summed E-state index contributed by atoms with van der Waals surface area (Å²) in [6.07, 6.45) is 2.24. The number of carbonyl (C=O) groups is 1. The molecule has 1 N–H and O–H groups in total. The molecule has 12 rings (SSSR count). The molecule has 0 radical (unpaired) electrons. The summed E-state index contributed by atoms with van der Waals surface area (Å²) in [6.45, 7) is 38.2. The van der Waals surface area contributed by atoms with Crippen molar-refractivity contribution in [3.8, 4) is 45.6 Å². The molecule has 0 aromatic heterocycles. The van der Waals surface area contributed by atoms with Crippen LogP contribution in [0.15, 0.2) is 158 Å². The Morgan fingerprint density at radius 3 is 1.22 bits per heavy atom. The lowest BCUT2D eigenvalue weighted by molar-refractivity contribution is 0.00474. The first kappa shape index (κ1) is 70.2. The SMILES string of the molecule is CC(C)(C)c1cc2c3c(c1)Cc1cc(C(C)(C)C)cc(c1OCCOc1cc4ccccc4cc1C(=O)Oc1ccc4ccccc4c1-c1c(O)ccc4ccccc14)Cc1cc(C(C)(C)C)cc(c1C(C)(C)C)Cc1cc(C(C)(C)C)cc(c1OCCOCCOCCOCCO3)C2. The van der Waals surface area contributed by atoms with Crippen molar-refractivity contribution < 1.29 is 47.8 Å². The Hall–Kier alpha value is -8.67. The molecular formula is C89H100O10. The van der Waals surface area contributed by atoms with Crippen molar-refractivity contribution in [1.82, 2.24) is 0 Å². The standard InChI is InChI=1S/C89H100O10/c1-85(2,3)68-46-60-42-62-48-69(86(4,5)6)50-64-44-66-52-71(88(10,11)12)53-67(83(66)97-39-37-94-35-33-92-32-34-93-36-38-96-81(62)64)45-65-51-70(87(7,8)9)49-63(43-61(47-68)80(60)89(13,14)15)82(65)98-41-40-95-77-55-59-25-17-16-24-58(59)54-74(77)84(91)99-76-31-29-57-23-19-21-27-73(57)79(76)78-72-26-20-18-22-56(72)28-30-75(78)90/h16-31,46-55,90H,32-45H2,1-15H3. The maximum absolute atomic E-state index is 15.2. The van der Waals surface area contributed by atoms with Gasteiger partial charge in [0.1, 0.15) is 66.5 Å². The van der Waals surface area contributed by atoms with Gasteiger partial charge < -0.3 is 43.0 Å². The van der Waals surface area contributed by atoms with Gasteiger partial charge in [-0.3, -0.25) is 0 Å². The molecule has 10 bridgehead atoms. The van der Waals surface area contributed by atoms with Gasteiger partial charge in [-0.25, -0.2) is 4.79 Å². The maximum Gasteiger partial charge on any atom is 0.347 e. The number of ether oxygens (including phenoxy) is 8. The molecule has 0 saturated carbocycles. The molecule has 0 fully saturated rings. The Morgan fingerprint density at radius 2 is 0.747 bits per heavy atom. The summed E-state index contributed by atoms with van der Waals surface area (Å²) >= 11 is 0. The van der Waals surface area contributed by atoms with Crippen LogP contribution in [0, 0.1) is 0 Å². The molecule has 10 nitrogen and oxygen atoms in total. The Balaban J connectivity index is 1.01. The van der Waals surface area contributed by atoms with Crippen LogP contribution in [0.2, 0.25) is 0 Å². The highest BCUT2D eigenvalue weighted by atomic mass is 16.6. The van der Waals surface area contributed by atoms with Gasteiger partial charge in [-0.1, -0.05) is 237 Å². The van der Waals surface area contributed by atoms with Crippen LogP contribution < -0.4 is 23.7 Å². The molecule has 0 spiro atoms. The molecule has 0 amide bonds. The molecule has 0 saturated heterocycles. The van der Waals surface area contributed by atoms with Crippen molar-refractivity contribution >= 4 is 38.3 Å². The van der Waals surface area contributed by atoms with E-state index >= 15 is 4.79 Å². The molecule has 2 aliphatic rings. The number of phenolic OH excluding ortho intramolecular Hbond substituents is 1. The Kier molecular flexibility index (Phi) is 20.2. The molecule has 1 heterocycles. The summed E-state index contributed by atoms with van der Waals surface area (Å²) < 4.78 is 53.7. The predicted octanol–water partition coefficient (Wildman–Crippen LogP) is 20.2. The number of phenols is 1. The van der Waals surface area contributed by atoms with Gasteiger partial charge in [-0.05, 0) is 156 Å². The van der Waals surface area contributed by atoms with E-state index in [4.69, 9.17) is 37.9 Å². The fourth-order valence-electron chi connectivity index (χ4n) is 14.2. The van der Waals surface area contributed by atoms with Crippen LogP contribution in [0.5, 0.6) is 34.5 Å². The number of carbonyl (C=O) groups excluding carboxylic acids is 1. The van der Waals surface area contributed by atoms with Crippen LogP contribution >= 0.6 is 0 Å². The van der Waals surface area contributed by atoms with Gasteiger partial charge >= 0.3 is 5.97 Å². The number of hydrogen-bond acceptors (Lipinski definition) is 10. The number of rotatable bonds is 8. The van der Waals surface area contributed by atoms with Crippen molar-refractivity contribution in [2.75, 3.05) is 66.1 Å². The molecule has 0 unspecified atom stereocenters. The monoisotopic (exact) mass is 1330 g/mol. The number of fused-ring (bicyclic) bond motifs is 7. The maximum atomic E-state index is 15.2. The Bertz CT molecular complexity index is 4630. The molecule has 0 atom stereocenters. The van der Waals surface area contributed by atoms with Crippen LogP contribution in [0.1, 0.15) is 187 Å². The van der Waals surface area contributed by atoms with Gasteiger partial charge in [0.25, 0.3) is 0 Å². The largest absolute Gasteiger partial charge is 0.507 e. The minimum absolute atomic E-state index is 0.0799. The number of benzene rings is 10. The molecule has 10 heteroatoms. The smallest absolute Gasteiger partial charge is 0.347 e. The first-order valence-corrected chi connectivity index (χ1v) is 35.4. The van der Waals surface area contributed by atoms with Gasteiger partial charge in [0.2, 0.25) is 0 Å². The number of hydrogen-bond donors (Lipinski definition) is 1. The zero-order valence-corrected chi connectivity index (χ0v) is 61.0. The van der Waals surface area contributed by atoms with Crippen LogP contribution in [0.4, 0.5) is 0 Å². The molecule has 1 aliphatic heterocycles. The third-order valence-electron chi connectivity index (χ3n) is 19.4. The predicted molar refractivity (Wildman–Crippen MR) is 402 cm³/mol. The summed E-state index contributed by atoms with van der Waals surface area (Å²) in [4.78, 5) is 15.2. The Morgan fingerprint density at radius 1 is 0.374 bits per heavy atom.